The van der Waals surface area contributed by atoms with Gasteiger partial charge in [0.1, 0.15) is 4.75 Å². The van der Waals surface area contributed by atoms with E-state index in [1.54, 1.807) is 0 Å². The van der Waals surface area contributed by atoms with Gasteiger partial charge in [0.15, 0.2) is 0 Å². The maximum atomic E-state index is 11.4. The van der Waals surface area contributed by atoms with Crippen LogP contribution in [-0.4, -0.2) is 9.30 Å². The molecule has 0 radical (unpaired) electrons. The van der Waals surface area contributed by atoms with E-state index >= 15 is 0 Å². The molecular weight excluding hydrogens is 242 g/mol. The normalized spacial score (nSPS) is 15.9. The minimum absolute atomic E-state index is 0.293. The predicted octanol–water partition coefficient (Wildman–Crippen LogP) is 3.23. The van der Waals surface area contributed by atoms with Gasteiger partial charge in [-0.1, -0.05) is 30.7 Å². The first kappa shape index (κ1) is 13.8. The molecule has 1 aromatic carbocycles. The average Bonchev–Trinajstić information content (AvgIpc) is 2.16. The van der Waals surface area contributed by atoms with Crippen molar-refractivity contribution in [2.24, 2.45) is 5.14 Å². The topological polar surface area (TPSA) is 49.1 Å². The molecule has 2 atom stereocenters. The van der Waals surface area contributed by atoms with Crippen molar-refractivity contribution in [3.63, 3.8) is 0 Å². The van der Waals surface area contributed by atoms with Crippen LogP contribution in [0.1, 0.15) is 38.7 Å². The Kier molecular flexibility index (Phi) is 4.68. The van der Waals surface area contributed by atoms with E-state index in [0.29, 0.717) is 5.92 Å². The molecule has 0 aliphatic carbocycles. The van der Waals surface area contributed by atoms with Gasteiger partial charge in [-0.25, -0.2) is 0 Å². The maximum Gasteiger partial charge on any atom is 0.140 e. The van der Waals surface area contributed by atoms with E-state index in [2.05, 4.69) is 6.92 Å². The average molecular weight is 260 g/mol. The minimum atomic E-state index is -1.31. The second kappa shape index (κ2) is 5.41. The monoisotopic (exact) mass is 259 g/mol. The molecule has 0 bridgehead atoms. The Morgan fingerprint density at radius 1 is 1.50 bits per heavy atom. The first-order chi connectivity index (χ1) is 7.33. The molecule has 0 saturated carbocycles. The molecule has 0 spiro atoms. The van der Waals surface area contributed by atoms with Crippen molar-refractivity contribution in [1.82, 2.24) is 0 Å². The Hall–Kier alpha value is -0.220. The van der Waals surface area contributed by atoms with Crippen LogP contribution >= 0.6 is 11.6 Å². The van der Waals surface area contributed by atoms with Gasteiger partial charge in [-0.05, 0) is 37.5 Å². The van der Waals surface area contributed by atoms with Gasteiger partial charge in [0.25, 0.3) is 0 Å². The first-order valence-electron chi connectivity index (χ1n) is 5.24. The van der Waals surface area contributed by atoms with E-state index in [1.807, 2.05) is 38.1 Å². The van der Waals surface area contributed by atoms with E-state index in [0.717, 1.165) is 17.0 Å². The van der Waals surface area contributed by atoms with Gasteiger partial charge in [-0.15, -0.1) is 0 Å². The van der Waals surface area contributed by atoms with Crippen LogP contribution in [-0.2, 0) is 11.4 Å². The van der Waals surface area contributed by atoms with Crippen molar-refractivity contribution in [2.75, 3.05) is 0 Å². The van der Waals surface area contributed by atoms with Gasteiger partial charge in [0.05, 0.1) is 0 Å². The molecule has 0 amide bonds. The smallest absolute Gasteiger partial charge is 0.140 e. The first-order valence-corrected chi connectivity index (χ1v) is 6.84. The highest BCUT2D eigenvalue weighted by molar-refractivity contribution is 7.90. The molecule has 0 aliphatic rings. The maximum absolute atomic E-state index is 11.4. The lowest BCUT2D eigenvalue weighted by molar-refractivity contribution is 0.500. The molecule has 16 heavy (non-hydrogen) atoms. The summed E-state index contributed by atoms with van der Waals surface area (Å²) in [7, 11) is 0. The van der Waals surface area contributed by atoms with Gasteiger partial charge in [-0.3, -0.25) is 0 Å². The Morgan fingerprint density at radius 2 is 2.12 bits per heavy atom. The summed E-state index contributed by atoms with van der Waals surface area (Å²) >= 11 is 4.63. The molecule has 0 heterocycles. The summed E-state index contributed by atoms with van der Waals surface area (Å²) < 4.78 is 11.0. The zero-order chi connectivity index (χ0) is 12.3. The number of hydrogen-bond donors (Lipinski definition) is 1. The quantitative estimate of drug-likeness (QED) is 0.844. The molecule has 0 saturated heterocycles. The fourth-order valence-electron chi connectivity index (χ4n) is 1.75. The van der Waals surface area contributed by atoms with Gasteiger partial charge in [0.2, 0.25) is 0 Å². The van der Waals surface area contributed by atoms with Gasteiger partial charge in [-0.2, -0.15) is 5.14 Å². The molecule has 90 valence electrons. The van der Waals surface area contributed by atoms with Gasteiger partial charge >= 0.3 is 0 Å². The predicted molar refractivity (Wildman–Crippen MR) is 70.9 cm³/mol. The zero-order valence-corrected chi connectivity index (χ0v) is 11.4. The van der Waals surface area contributed by atoms with E-state index in [4.69, 9.17) is 16.7 Å². The molecule has 0 aliphatic heterocycles. The van der Waals surface area contributed by atoms with Crippen LogP contribution < -0.4 is 5.14 Å². The fraction of sp³-hybridized carbons (Fsp3) is 0.500. The van der Waals surface area contributed by atoms with Crippen molar-refractivity contribution >= 4 is 23.0 Å². The molecule has 1 aromatic rings. The summed E-state index contributed by atoms with van der Waals surface area (Å²) in [5, 5.41) is 6.21. The standard InChI is InChI=1S/C12H18ClNOS/c1-9(8-12(2,3)16(14)15)10-5-4-6-11(13)7-10/h4-7,9H,8,14H2,1-3H3. The summed E-state index contributed by atoms with van der Waals surface area (Å²) in [5.41, 5.74) is 1.16. The Labute approximate surface area is 105 Å². The number of benzene rings is 1. The Morgan fingerprint density at radius 3 is 2.62 bits per heavy atom. The molecule has 2 unspecified atom stereocenters. The van der Waals surface area contributed by atoms with Crippen LogP contribution in [0.25, 0.3) is 0 Å². The molecule has 4 heteroatoms. The SMILES string of the molecule is CC(CC(C)(C)[S+](N)[O-])c1cccc(Cl)c1. The molecule has 1 rings (SSSR count). The van der Waals surface area contributed by atoms with E-state index < -0.39 is 11.4 Å². The highest BCUT2D eigenvalue weighted by Crippen LogP contribution is 2.30. The summed E-state index contributed by atoms with van der Waals surface area (Å²) in [6, 6.07) is 7.76. The summed E-state index contributed by atoms with van der Waals surface area (Å²) in [6.07, 6.45) is 0.774. The molecule has 0 fully saturated rings. The second-order valence-electron chi connectivity index (χ2n) is 4.72. The van der Waals surface area contributed by atoms with E-state index in [1.165, 1.54) is 0 Å². The van der Waals surface area contributed by atoms with Crippen LogP contribution in [0.15, 0.2) is 24.3 Å². The largest absolute Gasteiger partial charge is 0.598 e. The van der Waals surface area contributed by atoms with E-state index in [-0.39, 0.29) is 4.75 Å². The highest BCUT2D eigenvalue weighted by Gasteiger charge is 2.32. The summed E-state index contributed by atoms with van der Waals surface area (Å²) in [6.45, 7) is 5.94. The molecule has 2 nitrogen and oxygen atoms in total. The van der Waals surface area contributed by atoms with E-state index in [9.17, 15) is 4.55 Å². The van der Waals surface area contributed by atoms with Gasteiger partial charge in [0, 0.05) is 22.8 Å². The van der Waals surface area contributed by atoms with Crippen LogP contribution in [0, 0.1) is 0 Å². The van der Waals surface area contributed by atoms with Crippen molar-refractivity contribution in [3.8, 4) is 0 Å². The van der Waals surface area contributed by atoms with Crippen molar-refractivity contribution in [1.29, 1.82) is 0 Å². The lowest BCUT2D eigenvalue weighted by Gasteiger charge is -2.27. The fourth-order valence-corrected chi connectivity index (χ4v) is 2.36. The van der Waals surface area contributed by atoms with Crippen LogP contribution in [0.3, 0.4) is 0 Å². The third kappa shape index (κ3) is 3.67. The van der Waals surface area contributed by atoms with Gasteiger partial charge < -0.3 is 4.55 Å². The lowest BCUT2D eigenvalue weighted by Crippen LogP contribution is -2.38. The number of hydrogen-bond acceptors (Lipinski definition) is 2. The van der Waals surface area contributed by atoms with Crippen molar-refractivity contribution in [3.05, 3.63) is 34.9 Å². The lowest BCUT2D eigenvalue weighted by atomic mass is 9.91. The Balaban J connectivity index is 2.76. The van der Waals surface area contributed by atoms with Crippen LogP contribution in [0.5, 0.6) is 0 Å². The van der Waals surface area contributed by atoms with Crippen LogP contribution in [0.2, 0.25) is 5.02 Å². The van der Waals surface area contributed by atoms with Crippen molar-refractivity contribution < 1.29 is 4.55 Å². The zero-order valence-electron chi connectivity index (χ0n) is 9.87. The van der Waals surface area contributed by atoms with Crippen LogP contribution in [0.4, 0.5) is 0 Å². The molecule has 2 N–H and O–H groups in total. The number of nitrogens with two attached hydrogens (primary N) is 1. The molecule has 0 aromatic heterocycles. The van der Waals surface area contributed by atoms with Crippen molar-refractivity contribution in [2.45, 2.75) is 37.9 Å². The number of halogens is 1. The third-order valence-corrected chi connectivity index (χ3v) is 4.25. The summed E-state index contributed by atoms with van der Waals surface area (Å²) in [5.74, 6) is 0.293. The second-order valence-corrected chi connectivity index (χ2v) is 6.85. The number of rotatable bonds is 4. The molecular formula is C12H18ClNOS. The highest BCUT2D eigenvalue weighted by atomic mass is 35.5. The third-order valence-electron chi connectivity index (χ3n) is 2.76. The summed E-state index contributed by atoms with van der Waals surface area (Å²) in [4.78, 5) is 0. The Bertz CT molecular complexity index is 355. The minimum Gasteiger partial charge on any atom is -0.598 e.